The third kappa shape index (κ3) is 2.62. The van der Waals surface area contributed by atoms with Gasteiger partial charge in [0.15, 0.2) is 0 Å². The third-order valence-corrected chi connectivity index (χ3v) is 3.38. The zero-order valence-electron chi connectivity index (χ0n) is 10.1. The van der Waals surface area contributed by atoms with Crippen molar-refractivity contribution in [2.75, 3.05) is 13.2 Å². The maximum atomic E-state index is 5.66. The Morgan fingerprint density at radius 3 is 3.19 bits per heavy atom. The van der Waals surface area contributed by atoms with Crippen molar-refractivity contribution in [2.24, 2.45) is 5.92 Å². The number of ether oxygens (including phenoxy) is 1. The summed E-state index contributed by atoms with van der Waals surface area (Å²) in [4.78, 5) is 7.36. The van der Waals surface area contributed by atoms with Gasteiger partial charge in [0.1, 0.15) is 0 Å². The summed E-state index contributed by atoms with van der Waals surface area (Å²) < 4.78 is 5.66. The number of nitrogens with zero attached hydrogens (tertiary/aromatic N) is 1. The van der Waals surface area contributed by atoms with Crippen molar-refractivity contribution >= 4 is 0 Å². The Bertz CT molecular complexity index is 324. The zero-order chi connectivity index (χ0) is 11.4. The van der Waals surface area contributed by atoms with Crippen LogP contribution in [0.4, 0.5) is 0 Å². The summed E-state index contributed by atoms with van der Waals surface area (Å²) in [5.41, 5.74) is 2.27. The van der Waals surface area contributed by atoms with E-state index in [1.165, 1.54) is 6.42 Å². The first-order valence-electron chi connectivity index (χ1n) is 6.12. The highest BCUT2D eigenvalue weighted by Crippen LogP contribution is 2.22. The molecule has 1 aliphatic rings. The van der Waals surface area contributed by atoms with Gasteiger partial charge in [0.2, 0.25) is 0 Å². The van der Waals surface area contributed by atoms with E-state index in [1.54, 1.807) is 6.33 Å². The predicted octanol–water partition coefficient (Wildman–Crippen LogP) is 1.62. The average molecular weight is 223 g/mol. The fourth-order valence-corrected chi connectivity index (χ4v) is 2.32. The smallest absolute Gasteiger partial charge is 0.0925 e. The standard InChI is InChI=1S/C12H21N3O/c1-3-12-10(4-5-16-12)6-13-7-11-9(2)14-8-15-11/h8,10,12-13H,3-7H2,1-2H3,(H,14,15). The molecule has 4 nitrogen and oxygen atoms in total. The second kappa shape index (κ2) is 5.46. The van der Waals surface area contributed by atoms with Crippen LogP contribution < -0.4 is 5.32 Å². The van der Waals surface area contributed by atoms with Crippen LogP contribution in [-0.2, 0) is 11.3 Å². The van der Waals surface area contributed by atoms with Crippen LogP contribution in [0.3, 0.4) is 0 Å². The highest BCUT2D eigenvalue weighted by Gasteiger charge is 2.25. The lowest BCUT2D eigenvalue weighted by Gasteiger charge is -2.16. The summed E-state index contributed by atoms with van der Waals surface area (Å²) in [7, 11) is 0. The van der Waals surface area contributed by atoms with Gasteiger partial charge in [-0.15, -0.1) is 0 Å². The maximum Gasteiger partial charge on any atom is 0.0925 e. The van der Waals surface area contributed by atoms with E-state index in [0.717, 1.165) is 37.5 Å². The summed E-state index contributed by atoms with van der Waals surface area (Å²) in [6.45, 7) is 7.05. The number of hydrogen-bond acceptors (Lipinski definition) is 3. The van der Waals surface area contributed by atoms with Gasteiger partial charge < -0.3 is 15.0 Å². The van der Waals surface area contributed by atoms with Crippen LogP contribution in [0.25, 0.3) is 0 Å². The Kier molecular flexibility index (Phi) is 3.96. The van der Waals surface area contributed by atoms with Crippen molar-refractivity contribution in [1.29, 1.82) is 0 Å². The van der Waals surface area contributed by atoms with E-state index < -0.39 is 0 Å². The Balaban J connectivity index is 1.74. The van der Waals surface area contributed by atoms with Gasteiger partial charge in [-0.25, -0.2) is 4.98 Å². The lowest BCUT2D eigenvalue weighted by molar-refractivity contribution is 0.0872. The fraction of sp³-hybridized carbons (Fsp3) is 0.750. The minimum Gasteiger partial charge on any atom is -0.378 e. The third-order valence-electron chi connectivity index (χ3n) is 3.38. The topological polar surface area (TPSA) is 49.9 Å². The number of imidazole rings is 1. The van der Waals surface area contributed by atoms with Crippen molar-refractivity contribution in [3.8, 4) is 0 Å². The first-order chi connectivity index (χ1) is 7.81. The van der Waals surface area contributed by atoms with Crippen LogP contribution in [0.15, 0.2) is 6.33 Å². The van der Waals surface area contributed by atoms with Crippen molar-refractivity contribution < 1.29 is 4.74 Å². The number of aromatic nitrogens is 2. The normalized spacial score (nSPS) is 25.1. The first kappa shape index (κ1) is 11.6. The molecule has 2 atom stereocenters. The molecule has 0 radical (unpaired) electrons. The van der Waals surface area contributed by atoms with Crippen molar-refractivity contribution in [2.45, 2.75) is 39.3 Å². The molecule has 0 aliphatic carbocycles. The summed E-state index contributed by atoms with van der Waals surface area (Å²) in [5.74, 6) is 0.671. The van der Waals surface area contributed by atoms with E-state index in [-0.39, 0.29) is 0 Å². The lowest BCUT2D eigenvalue weighted by Crippen LogP contribution is -2.28. The predicted molar refractivity (Wildman–Crippen MR) is 63.2 cm³/mol. The summed E-state index contributed by atoms with van der Waals surface area (Å²) in [6.07, 6.45) is 4.51. The molecule has 2 heterocycles. The molecular weight excluding hydrogens is 202 g/mol. The Morgan fingerprint density at radius 1 is 1.62 bits per heavy atom. The highest BCUT2D eigenvalue weighted by atomic mass is 16.5. The molecule has 0 amide bonds. The molecule has 4 heteroatoms. The van der Waals surface area contributed by atoms with E-state index >= 15 is 0 Å². The van der Waals surface area contributed by atoms with Crippen LogP contribution >= 0.6 is 0 Å². The number of hydrogen-bond donors (Lipinski definition) is 2. The van der Waals surface area contributed by atoms with E-state index in [0.29, 0.717) is 12.0 Å². The Labute approximate surface area is 96.8 Å². The first-order valence-corrected chi connectivity index (χ1v) is 6.12. The fourth-order valence-electron chi connectivity index (χ4n) is 2.32. The molecule has 2 rings (SSSR count). The SMILES string of the molecule is CCC1OCCC1CNCc1nc[nH]c1C. The van der Waals surface area contributed by atoms with Gasteiger partial charge in [-0.3, -0.25) is 0 Å². The van der Waals surface area contributed by atoms with Crippen LogP contribution in [0.2, 0.25) is 0 Å². The molecule has 0 bridgehead atoms. The monoisotopic (exact) mass is 223 g/mol. The van der Waals surface area contributed by atoms with Gasteiger partial charge in [0.05, 0.1) is 18.1 Å². The number of rotatable bonds is 5. The van der Waals surface area contributed by atoms with Gasteiger partial charge >= 0.3 is 0 Å². The van der Waals surface area contributed by atoms with Gasteiger partial charge in [-0.05, 0) is 25.7 Å². The molecule has 1 saturated heterocycles. The summed E-state index contributed by atoms with van der Waals surface area (Å²) >= 11 is 0. The second-order valence-corrected chi connectivity index (χ2v) is 4.47. The maximum absolute atomic E-state index is 5.66. The summed E-state index contributed by atoms with van der Waals surface area (Å²) in [5, 5.41) is 3.47. The second-order valence-electron chi connectivity index (χ2n) is 4.47. The molecular formula is C12H21N3O. The van der Waals surface area contributed by atoms with Crippen molar-refractivity contribution in [1.82, 2.24) is 15.3 Å². The Morgan fingerprint density at radius 2 is 2.50 bits per heavy atom. The molecule has 0 saturated carbocycles. The van der Waals surface area contributed by atoms with Gasteiger partial charge in [-0.2, -0.15) is 0 Å². The highest BCUT2D eigenvalue weighted by molar-refractivity contribution is 5.07. The molecule has 2 N–H and O–H groups in total. The molecule has 0 aromatic carbocycles. The molecule has 16 heavy (non-hydrogen) atoms. The largest absolute Gasteiger partial charge is 0.378 e. The van der Waals surface area contributed by atoms with Crippen LogP contribution in [0.1, 0.15) is 31.2 Å². The van der Waals surface area contributed by atoms with Crippen molar-refractivity contribution in [3.63, 3.8) is 0 Å². The lowest BCUT2D eigenvalue weighted by atomic mass is 10.00. The molecule has 1 aromatic heterocycles. The molecule has 90 valence electrons. The quantitative estimate of drug-likeness (QED) is 0.797. The van der Waals surface area contributed by atoms with Crippen LogP contribution in [0, 0.1) is 12.8 Å². The average Bonchev–Trinajstić information content (AvgIpc) is 2.88. The number of aromatic amines is 1. The van der Waals surface area contributed by atoms with E-state index in [1.807, 2.05) is 0 Å². The molecule has 1 aromatic rings. The van der Waals surface area contributed by atoms with Gasteiger partial charge in [0.25, 0.3) is 0 Å². The molecule has 2 unspecified atom stereocenters. The summed E-state index contributed by atoms with van der Waals surface area (Å²) in [6, 6.07) is 0. The zero-order valence-corrected chi connectivity index (χ0v) is 10.1. The molecule has 1 aliphatic heterocycles. The Hall–Kier alpha value is -0.870. The van der Waals surface area contributed by atoms with Crippen LogP contribution in [-0.4, -0.2) is 29.2 Å². The minimum atomic E-state index is 0.452. The minimum absolute atomic E-state index is 0.452. The van der Waals surface area contributed by atoms with E-state index in [4.69, 9.17) is 4.74 Å². The molecule has 0 spiro atoms. The number of H-pyrrole nitrogens is 1. The van der Waals surface area contributed by atoms with Crippen LogP contribution in [0.5, 0.6) is 0 Å². The van der Waals surface area contributed by atoms with Gasteiger partial charge in [0, 0.05) is 25.4 Å². The number of nitrogens with one attached hydrogen (secondary N) is 2. The van der Waals surface area contributed by atoms with Gasteiger partial charge in [-0.1, -0.05) is 6.92 Å². The van der Waals surface area contributed by atoms with E-state index in [9.17, 15) is 0 Å². The molecule has 1 fully saturated rings. The number of aryl methyl sites for hydroxylation is 1. The van der Waals surface area contributed by atoms with E-state index in [2.05, 4.69) is 29.1 Å². The van der Waals surface area contributed by atoms with Crippen molar-refractivity contribution in [3.05, 3.63) is 17.7 Å².